The fourth-order valence-electron chi connectivity index (χ4n) is 1.24. The predicted octanol–water partition coefficient (Wildman–Crippen LogP) is -0.331. The molecule has 0 aromatic rings. The molecule has 14 heavy (non-hydrogen) atoms. The minimum absolute atomic E-state index is 0.124. The third-order valence-corrected chi connectivity index (χ3v) is 2.28. The van der Waals surface area contributed by atoms with Gasteiger partial charge in [0.1, 0.15) is 0 Å². The Hall–Kier alpha value is -0.810. The van der Waals surface area contributed by atoms with Crippen LogP contribution in [0.15, 0.2) is 0 Å². The van der Waals surface area contributed by atoms with Crippen LogP contribution in [0.3, 0.4) is 0 Å². The van der Waals surface area contributed by atoms with Crippen LogP contribution in [0.25, 0.3) is 0 Å². The number of hydrogen-bond donors (Lipinski definition) is 3. The maximum Gasteiger partial charge on any atom is 0.315 e. The van der Waals surface area contributed by atoms with Crippen LogP contribution in [0, 0.1) is 5.92 Å². The summed E-state index contributed by atoms with van der Waals surface area (Å²) in [5, 5.41) is 5.62. The first kappa shape index (κ1) is 11.3. The van der Waals surface area contributed by atoms with E-state index in [0.717, 1.165) is 13.0 Å². The minimum atomic E-state index is -0.124. The summed E-state index contributed by atoms with van der Waals surface area (Å²) in [6, 6.07) is 0.0454. The van der Waals surface area contributed by atoms with Crippen LogP contribution in [0.4, 0.5) is 4.79 Å². The van der Waals surface area contributed by atoms with Gasteiger partial charge in [-0.1, -0.05) is 6.92 Å². The van der Waals surface area contributed by atoms with E-state index in [-0.39, 0.29) is 12.1 Å². The second-order valence-corrected chi connectivity index (χ2v) is 3.76. The van der Waals surface area contributed by atoms with Crippen molar-refractivity contribution in [2.45, 2.75) is 19.4 Å². The Morgan fingerprint density at radius 2 is 2.50 bits per heavy atom. The Bertz CT molecular complexity index is 181. The van der Waals surface area contributed by atoms with E-state index in [2.05, 4.69) is 10.6 Å². The third-order valence-electron chi connectivity index (χ3n) is 2.28. The van der Waals surface area contributed by atoms with Crippen molar-refractivity contribution >= 4 is 6.03 Å². The van der Waals surface area contributed by atoms with Gasteiger partial charge in [0.15, 0.2) is 0 Å². The molecule has 0 radical (unpaired) electrons. The zero-order valence-electron chi connectivity index (χ0n) is 8.58. The highest BCUT2D eigenvalue weighted by atomic mass is 16.5. The molecule has 1 heterocycles. The monoisotopic (exact) mass is 201 g/mol. The van der Waals surface area contributed by atoms with E-state index in [1.54, 1.807) is 0 Å². The quantitative estimate of drug-likeness (QED) is 0.583. The van der Waals surface area contributed by atoms with Crippen molar-refractivity contribution in [2.75, 3.05) is 26.3 Å². The summed E-state index contributed by atoms with van der Waals surface area (Å²) in [4.78, 5) is 11.3. The number of ether oxygens (including phenoxy) is 1. The van der Waals surface area contributed by atoms with Crippen LogP contribution in [0.2, 0.25) is 0 Å². The highest BCUT2D eigenvalue weighted by Gasteiger charge is 2.17. The molecule has 5 heteroatoms. The van der Waals surface area contributed by atoms with Crippen molar-refractivity contribution in [3.63, 3.8) is 0 Å². The normalized spacial score (nSPS) is 23.1. The van der Waals surface area contributed by atoms with Crippen LogP contribution in [-0.4, -0.2) is 38.4 Å². The molecule has 0 spiro atoms. The van der Waals surface area contributed by atoms with Crippen LogP contribution < -0.4 is 16.4 Å². The molecule has 1 aliphatic heterocycles. The average Bonchev–Trinajstić information content (AvgIpc) is 2.66. The Kier molecular flexibility index (Phi) is 4.69. The molecule has 2 unspecified atom stereocenters. The number of carbonyl (C=O) groups excluding carboxylic acids is 1. The molecule has 2 atom stereocenters. The lowest BCUT2D eigenvalue weighted by molar-refractivity contribution is 0.188. The van der Waals surface area contributed by atoms with Crippen LogP contribution in [0.5, 0.6) is 0 Å². The molecule has 0 aliphatic carbocycles. The summed E-state index contributed by atoms with van der Waals surface area (Å²) in [5.41, 5.74) is 5.43. The number of rotatable bonds is 4. The van der Waals surface area contributed by atoms with Gasteiger partial charge in [0.2, 0.25) is 0 Å². The highest BCUT2D eigenvalue weighted by Crippen LogP contribution is 2.02. The van der Waals surface area contributed by atoms with E-state index < -0.39 is 0 Å². The summed E-state index contributed by atoms with van der Waals surface area (Å²) >= 11 is 0. The zero-order valence-corrected chi connectivity index (χ0v) is 8.58. The average molecular weight is 201 g/mol. The molecule has 0 aromatic heterocycles. The molecule has 5 nitrogen and oxygen atoms in total. The smallest absolute Gasteiger partial charge is 0.315 e. The SMILES string of the molecule is CC(CN)CNC(=O)NC1CCOC1. The van der Waals surface area contributed by atoms with Gasteiger partial charge < -0.3 is 21.1 Å². The first-order chi connectivity index (χ1) is 6.72. The van der Waals surface area contributed by atoms with E-state index in [4.69, 9.17) is 10.5 Å². The zero-order chi connectivity index (χ0) is 10.4. The molecule has 82 valence electrons. The fraction of sp³-hybridized carbons (Fsp3) is 0.889. The standard InChI is InChI=1S/C9H19N3O2/c1-7(4-10)5-11-9(13)12-8-2-3-14-6-8/h7-8H,2-6,10H2,1H3,(H2,11,12,13). The molecule has 4 N–H and O–H groups in total. The minimum Gasteiger partial charge on any atom is -0.379 e. The Morgan fingerprint density at radius 3 is 3.07 bits per heavy atom. The van der Waals surface area contributed by atoms with E-state index in [0.29, 0.717) is 25.6 Å². The number of nitrogens with two attached hydrogens (primary N) is 1. The summed E-state index contributed by atoms with van der Waals surface area (Å²) in [7, 11) is 0. The van der Waals surface area contributed by atoms with Crippen LogP contribution in [0.1, 0.15) is 13.3 Å². The lowest BCUT2D eigenvalue weighted by Gasteiger charge is -2.14. The summed E-state index contributed by atoms with van der Waals surface area (Å²) in [6.07, 6.45) is 0.903. The van der Waals surface area contributed by atoms with Gasteiger partial charge in [-0.2, -0.15) is 0 Å². The Balaban J connectivity index is 2.09. The van der Waals surface area contributed by atoms with Gasteiger partial charge >= 0.3 is 6.03 Å². The van der Waals surface area contributed by atoms with Gasteiger partial charge in [-0.05, 0) is 18.9 Å². The summed E-state index contributed by atoms with van der Waals surface area (Å²) in [5.74, 6) is 0.320. The van der Waals surface area contributed by atoms with Crippen molar-refractivity contribution in [3.8, 4) is 0 Å². The predicted molar refractivity (Wildman–Crippen MR) is 54.0 cm³/mol. The molecule has 1 rings (SSSR count). The van der Waals surface area contributed by atoms with Crippen molar-refractivity contribution in [1.82, 2.24) is 10.6 Å². The maximum atomic E-state index is 11.3. The Labute approximate surface area is 84.4 Å². The fourth-order valence-corrected chi connectivity index (χ4v) is 1.24. The van der Waals surface area contributed by atoms with Gasteiger partial charge in [0.25, 0.3) is 0 Å². The second-order valence-electron chi connectivity index (χ2n) is 3.76. The number of hydrogen-bond acceptors (Lipinski definition) is 3. The Morgan fingerprint density at radius 1 is 1.71 bits per heavy atom. The van der Waals surface area contributed by atoms with E-state index in [9.17, 15) is 4.79 Å². The number of carbonyl (C=O) groups is 1. The van der Waals surface area contributed by atoms with Crippen LogP contribution >= 0.6 is 0 Å². The van der Waals surface area contributed by atoms with Crippen molar-refractivity contribution in [3.05, 3.63) is 0 Å². The van der Waals surface area contributed by atoms with Gasteiger partial charge in [0, 0.05) is 13.2 Å². The third kappa shape index (κ3) is 3.93. The second kappa shape index (κ2) is 5.82. The molecule has 1 aliphatic rings. The van der Waals surface area contributed by atoms with E-state index >= 15 is 0 Å². The molecular weight excluding hydrogens is 182 g/mol. The molecule has 1 saturated heterocycles. The van der Waals surface area contributed by atoms with Crippen molar-refractivity contribution in [2.24, 2.45) is 11.7 Å². The van der Waals surface area contributed by atoms with Gasteiger partial charge in [0.05, 0.1) is 12.6 Å². The molecule has 1 fully saturated rings. The molecule has 0 aromatic carbocycles. The van der Waals surface area contributed by atoms with Crippen LogP contribution in [-0.2, 0) is 4.74 Å². The molecule has 0 bridgehead atoms. The highest BCUT2D eigenvalue weighted by molar-refractivity contribution is 5.74. The molecule has 2 amide bonds. The maximum absolute atomic E-state index is 11.3. The topological polar surface area (TPSA) is 76.4 Å². The van der Waals surface area contributed by atoms with E-state index in [1.807, 2.05) is 6.92 Å². The van der Waals surface area contributed by atoms with Crippen molar-refractivity contribution < 1.29 is 9.53 Å². The number of nitrogens with one attached hydrogen (secondary N) is 2. The van der Waals surface area contributed by atoms with Gasteiger partial charge in [-0.15, -0.1) is 0 Å². The first-order valence-electron chi connectivity index (χ1n) is 5.04. The largest absolute Gasteiger partial charge is 0.379 e. The van der Waals surface area contributed by atoms with Crippen molar-refractivity contribution in [1.29, 1.82) is 0 Å². The first-order valence-corrected chi connectivity index (χ1v) is 5.04. The lowest BCUT2D eigenvalue weighted by Crippen LogP contribution is -2.44. The number of urea groups is 1. The molecule has 0 saturated carbocycles. The van der Waals surface area contributed by atoms with Gasteiger partial charge in [-0.3, -0.25) is 0 Å². The summed E-state index contributed by atoms with van der Waals surface area (Å²) in [6.45, 7) is 4.58. The molecular formula is C9H19N3O2. The van der Waals surface area contributed by atoms with E-state index in [1.165, 1.54) is 0 Å². The van der Waals surface area contributed by atoms with Gasteiger partial charge in [-0.25, -0.2) is 4.79 Å². The lowest BCUT2D eigenvalue weighted by atomic mass is 10.2. The summed E-state index contributed by atoms with van der Waals surface area (Å²) < 4.78 is 5.14. The number of amides is 2.